The molecule has 0 atom stereocenters. The van der Waals surface area contributed by atoms with Gasteiger partial charge in [0.15, 0.2) is 0 Å². The molecule has 0 aliphatic carbocycles. The third-order valence-electron chi connectivity index (χ3n) is 4.08. The molecule has 2 rings (SSSR count). The highest BCUT2D eigenvalue weighted by atomic mass is 16.5. The number of esters is 2. The van der Waals surface area contributed by atoms with Gasteiger partial charge >= 0.3 is 11.9 Å². The van der Waals surface area contributed by atoms with Crippen molar-refractivity contribution in [1.29, 1.82) is 0 Å². The molecule has 0 spiro atoms. The van der Waals surface area contributed by atoms with E-state index in [1.54, 1.807) is 19.1 Å². The first-order chi connectivity index (χ1) is 13.1. The molecule has 0 heterocycles. The lowest BCUT2D eigenvalue weighted by atomic mass is 10.0. The van der Waals surface area contributed by atoms with Gasteiger partial charge in [-0.25, -0.2) is 9.59 Å². The van der Waals surface area contributed by atoms with Crippen LogP contribution in [-0.4, -0.2) is 25.2 Å². The molecule has 0 amide bonds. The second-order valence-electron chi connectivity index (χ2n) is 6.41. The number of rotatable bonds is 10. The van der Waals surface area contributed by atoms with E-state index in [1.165, 1.54) is 0 Å². The van der Waals surface area contributed by atoms with Gasteiger partial charge in [-0.3, -0.25) is 0 Å². The minimum absolute atomic E-state index is 0.301. The molecule has 2 aromatic carbocycles. The van der Waals surface area contributed by atoms with Gasteiger partial charge in [0.05, 0.1) is 18.8 Å². The molecular weight excluding hydrogens is 340 g/mol. The van der Waals surface area contributed by atoms with E-state index in [-0.39, 0.29) is 11.9 Å². The molecular formula is C23H26O4. The number of benzene rings is 2. The molecule has 0 N–H and O–H groups in total. The average molecular weight is 366 g/mol. The van der Waals surface area contributed by atoms with Crippen LogP contribution in [0, 0.1) is 0 Å². The first kappa shape index (κ1) is 20.4. The molecule has 0 radical (unpaired) electrons. The van der Waals surface area contributed by atoms with Crippen molar-refractivity contribution in [2.75, 3.05) is 13.2 Å². The van der Waals surface area contributed by atoms with Crippen LogP contribution in [0.2, 0.25) is 0 Å². The second kappa shape index (κ2) is 11.0. The molecule has 4 heteroatoms. The van der Waals surface area contributed by atoms with Crippen molar-refractivity contribution < 1.29 is 19.1 Å². The number of carbonyl (C=O) groups is 2. The molecule has 0 aliphatic rings. The van der Waals surface area contributed by atoms with Crippen LogP contribution in [-0.2, 0) is 14.3 Å². The summed E-state index contributed by atoms with van der Waals surface area (Å²) in [5, 5.41) is 0. The maximum absolute atomic E-state index is 12.1. The number of ether oxygens (including phenoxy) is 2. The van der Waals surface area contributed by atoms with E-state index in [2.05, 4.69) is 6.58 Å². The Kier molecular flexibility index (Phi) is 8.30. The SMILES string of the molecule is C=C(C)C(=O)OCCCCCCOC(=O)c1ccc(-c2ccccc2)cc1. The standard InChI is InChI=1S/C23H26O4/c1-18(2)22(24)26-16-8-3-4-9-17-27-23(25)21-14-12-20(13-15-21)19-10-6-5-7-11-19/h5-7,10-15H,1,3-4,8-9,16-17H2,2H3. The molecule has 0 aromatic heterocycles. The van der Waals surface area contributed by atoms with Crippen LogP contribution in [0.1, 0.15) is 43.0 Å². The van der Waals surface area contributed by atoms with Gasteiger partial charge in [-0.05, 0) is 55.9 Å². The number of hydrogen-bond acceptors (Lipinski definition) is 4. The van der Waals surface area contributed by atoms with Crippen molar-refractivity contribution in [3.8, 4) is 11.1 Å². The Morgan fingerprint density at radius 3 is 1.93 bits per heavy atom. The smallest absolute Gasteiger partial charge is 0.338 e. The highest BCUT2D eigenvalue weighted by Gasteiger charge is 2.07. The summed E-state index contributed by atoms with van der Waals surface area (Å²) < 4.78 is 10.3. The van der Waals surface area contributed by atoms with Gasteiger partial charge in [0.25, 0.3) is 0 Å². The van der Waals surface area contributed by atoms with E-state index in [0.717, 1.165) is 36.8 Å². The van der Waals surface area contributed by atoms with Crippen molar-refractivity contribution in [3.05, 3.63) is 72.3 Å². The summed E-state index contributed by atoms with van der Waals surface area (Å²) in [5.74, 6) is -0.646. The Morgan fingerprint density at radius 1 is 0.778 bits per heavy atom. The van der Waals surface area contributed by atoms with Gasteiger partial charge in [0.1, 0.15) is 0 Å². The third-order valence-corrected chi connectivity index (χ3v) is 4.08. The number of hydrogen-bond donors (Lipinski definition) is 0. The van der Waals surface area contributed by atoms with E-state index >= 15 is 0 Å². The van der Waals surface area contributed by atoms with Crippen LogP contribution in [0.15, 0.2) is 66.7 Å². The Labute approximate surface area is 160 Å². The predicted octanol–water partition coefficient (Wildman–Crippen LogP) is 5.19. The Balaban J connectivity index is 1.62. The molecule has 0 saturated heterocycles. The highest BCUT2D eigenvalue weighted by Crippen LogP contribution is 2.19. The van der Waals surface area contributed by atoms with Gasteiger partial charge in [0.2, 0.25) is 0 Å². The van der Waals surface area contributed by atoms with Gasteiger partial charge in [0, 0.05) is 5.57 Å². The first-order valence-electron chi connectivity index (χ1n) is 9.23. The van der Waals surface area contributed by atoms with Crippen LogP contribution in [0.5, 0.6) is 0 Å². The zero-order chi connectivity index (χ0) is 19.5. The summed E-state index contributed by atoms with van der Waals surface area (Å²) >= 11 is 0. The summed E-state index contributed by atoms with van der Waals surface area (Å²) in [4.78, 5) is 23.3. The fourth-order valence-corrected chi connectivity index (χ4v) is 2.52. The van der Waals surface area contributed by atoms with Crippen molar-refractivity contribution in [2.24, 2.45) is 0 Å². The molecule has 0 aliphatic heterocycles. The zero-order valence-electron chi connectivity index (χ0n) is 15.8. The quantitative estimate of drug-likeness (QED) is 0.330. The summed E-state index contributed by atoms with van der Waals surface area (Å²) in [6, 6.07) is 17.5. The molecule has 0 fully saturated rings. The summed E-state index contributed by atoms with van der Waals surface area (Å²) in [6.45, 7) is 5.96. The molecule has 0 unspecified atom stereocenters. The lowest BCUT2D eigenvalue weighted by molar-refractivity contribution is -0.139. The first-order valence-corrected chi connectivity index (χ1v) is 9.23. The number of unbranched alkanes of at least 4 members (excludes halogenated alkanes) is 3. The lowest BCUT2D eigenvalue weighted by Gasteiger charge is -2.07. The minimum Gasteiger partial charge on any atom is -0.462 e. The maximum atomic E-state index is 12.1. The van der Waals surface area contributed by atoms with E-state index in [1.807, 2.05) is 42.5 Å². The van der Waals surface area contributed by atoms with Gasteiger partial charge < -0.3 is 9.47 Å². The second-order valence-corrected chi connectivity index (χ2v) is 6.41. The Hall–Kier alpha value is -2.88. The average Bonchev–Trinajstić information content (AvgIpc) is 2.70. The fourth-order valence-electron chi connectivity index (χ4n) is 2.52. The molecule has 4 nitrogen and oxygen atoms in total. The van der Waals surface area contributed by atoms with E-state index in [4.69, 9.17) is 9.47 Å². The number of carbonyl (C=O) groups excluding carboxylic acids is 2. The predicted molar refractivity (Wildman–Crippen MR) is 106 cm³/mol. The molecule has 0 saturated carbocycles. The van der Waals surface area contributed by atoms with E-state index in [0.29, 0.717) is 24.4 Å². The van der Waals surface area contributed by atoms with Crippen molar-refractivity contribution in [2.45, 2.75) is 32.6 Å². The summed E-state index contributed by atoms with van der Waals surface area (Å²) in [5.41, 5.74) is 3.16. The topological polar surface area (TPSA) is 52.6 Å². The van der Waals surface area contributed by atoms with Gasteiger partial charge in [-0.2, -0.15) is 0 Å². The van der Waals surface area contributed by atoms with Crippen molar-refractivity contribution >= 4 is 11.9 Å². The summed E-state index contributed by atoms with van der Waals surface area (Å²) in [7, 11) is 0. The van der Waals surface area contributed by atoms with Crippen molar-refractivity contribution in [1.82, 2.24) is 0 Å². The zero-order valence-corrected chi connectivity index (χ0v) is 15.8. The van der Waals surface area contributed by atoms with Crippen LogP contribution in [0.25, 0.3) is 11.1 Å². The molecule has 0 bridgehead atoms. The highest BCUT2D eigenvalue weighted by molar-refractivity contribution is 5.90. The van der Waals surface area contributed by atoms with E-state index < -0.39 is 0 Å². The molecule has 27 heavy (non-hydrogen) atoms. The Bertz CT molecular complexity index is 748. The van der Waals surface area contributed by atoms with Crippen LogP contribution in [0.4, 0.5) is 0 Å². The van der Waals surface area contributed by atoms with Gasteiger partial charge in [-0.1, -0.05) is 49.0 Å². The normalized spacial score (nSPS) is 10.3. The maximum Gasteiger partial charge on any atom is 0.338 e. The van der Waals surface area contributed by atoms with Gasteiger partial charge in [-0.15, -0.1) is 0 Å². The van der Waals surface area contributed by atoms with Crippen LogP contribution in [0.3, 0.4) is 0 Å². The largest absolute Gasteiger partial charge is 0.462 e. The van der Waals surface area contributed by atoms with E-state index in [9.17, 15) is 9.59 Å². The fraction of sp³-hybridized carbons (Fsp3) is 0.304. The minimum atomic E-state index is -0.345. The van der Waals surface area contributed by atoms with Crippen molar-refractivity contribution in [3.63, 3.8) is 0 Å². The van der Waals surface area contributed by atoms with Crippen LogP contribution < -0.4 is 0 Å². The third kappa shape index (κ3) is 7.10. The Morgan fingerprint density at radius 2 is 1.33 bits per heavy atom. The molecule has 142 valence electrons. The van der Waals surface area contributed by atoms with Crippen LogP contribution >= 0.6 is 0 Å². The lowest BCUT2D eigenvalue weighted by Crippen LogP contribution is -2.07. The molecule has 2 aromatic rings. The summed E-state index contributed by atoms with van der Waals surface area (Å²) in [6.07, 6.45) is 3.44. The monoisotopic (exact) mass is 366 g/mol.